The molecule has 0 radical (unpaired) electrons. The normalized spacial score (nSPS) is 29.1. The zero-order chi connectivity index (χ0) is 13.5. The van der Waals surface area contributed by atoms with Crippen LogP contribution in [0.1, 0.15) is 5.56 Å². The second kappa shape index (κ2) is 4.61. The average Bonchev–Trinajstić information content (AvgIpc) is 2.79. The molecule has 6 nitrogen and oxygen atoms in total. The molecule has 100 valence electrons. The maximum absolute atomic E-state index is 11.6. The second-order valence-corrected chi connectivity index (χ2v) is 7.86. The van der Waals surface area contributed by atoms with Gasteiger partial charge in [-0.3, -0.25) is 10.4 Å². The Morgan fingerprint density at radius 1 is 1.42 bits per heavy atom. The summed E-state index contributed by atoms with van der Waals surface area (Å²) in [5, 5.41) is 13.9. The Morgan fingerprint density at radius 3 is 2.89 bits per heavy atom. The van der Waals surface area contributed by atoms with Crippen LogP contribution in [0, 0.1) is 5.41 Å². The quantitative estimate of drug-likeness (QED) is 0.806. The van der Waals surface area contributed by atoms with Crippen molar-refractivity contribution in [1.82, 2.24) is 9.99 Å². The van der Waals surface area contributed by atoms with E-state index in [1.807, 2.05) is 0 Å². The summed E-state index contributed by atoms with van der Waals surface area (Å²) in [5.74, 6) is 0.229. The van der Waals surface area contributed by atoms with Gasteiger partial charge in [0.25, 0.3) is 0 Å². The van der Waals surface area contributed by atoms with Gasteiger partial charge >= 0.3 is 0 Å². The minimum Gasteiger partial charge on any atom is -0.277 e. The molecule has 2 saturated heterocycles. The van der Waals surface area contributed by atoms with E-state index in [1.165, 1.54) is 16.8 Å². The van der Waals surface area contributed by atoms with Crippen LogP contribution in [0.4, 0.5) is 0 Å². The van der Waals surface area contributed by atoms with Crippen molar-refractivity contribution in [2.45, 2.75) is 11.3 Å². The molecule has 19 heavy (non-hydrogen) atoms. The summed E-state index contributed by atoms with van der Waals surface area (Å²) in [5.41, 5.74) is 0.872. The molecule has 3 heterocycles. The standard InChI is InChI=1S/C11H12N4O2S2/c12-11-15(14-5-8-1-3-13-4-2-8)9-6-19(16,17)7-10(9)18-11/h1-5,9-10,12H,6-7H2/b12-11?,14-5+. The van der Waals surface area contributed by atoms with Gasteiger partial charge in [0.2, 0.25) is 0 Å². The number of hydrazone groups is 1. The Labute approximate surface area is 115 Å². The van der Waals surface area contributed by atoms with Crippen LogP contribution in [0.25, 0.3) is 0 Å². The average molecular weight is 296 g/mol. The van der Waals surface area contributed by atoms with E-state index in [2.05, 4.69) is 10.1 Å². The second-order valence-electron chi connectivity index (χ2n) is 4.48. The smallest absolute Gasteiger partial charge is 0.177 e. The summed E-state index contributed by atoms with van der Waals surface area (Å²) in [7, 11) is -2.99. The molecule has 0 spiro atoms. The number of hydrogen-bond donors (Lipinski definition) is 1. The van der Waals surface area contributed by atoms with Gasteiger partial charge in [-0.1, -0.05) is 11.8 Å². The van der Waals surface area contributed by atoms with Gasteiger partial charge in [0.15, 0.2) is 15.0 Å². The lowest BCUT2D eigenvalue weighted by molar-refractivity contribution is 0.376. The first-order valence-electron chi connectivity index (χ1n) is 5.74. The highest BCUT2D eigenvalue weighted by Gasteiger charge is 2.48. The van der Waals surface area contributed by atoms with Gasteiger partial charge in [0.05, 0.1) is 23.8 Å². The van der Waals surface area contributed by atoms with Crippen molar-refractivity contribution in [3.8, 4) is 0 Å². The zero-order valence-electron chi connectivity index (χ0n) is 9.93. The summed E-state index contributed by atoms with van der Waals surface area (Å²) in [6, 6.07) is 3.40. The third-order valence-corrected chi connectivity index (χ3v) is 6.22. The van der Waals surface area contributed by atoms with Gasteiger partial charge in [-0.15, -0.1) is 0 Å². The monoisotopic (exact) mass is 296 g/mol. The molecule has 1 aromatic rings. The first-order chi connectivity index (χ1) is 9.05. The van der Waals surface area contributed by atoms with Crippen LogP contribution in [-0.4, -0.2) is 52.6 Å². The zero-order valence-corrected chi connectivity index (χ0v) is 11.6. The van der Waals surface area contributed by atoms with E-state index >= 15 is 0 Å². The highest BCUT2D eigenvalue weighted by atomic mass is 32.2. The number of thioether (sulfide) groups is 1. The SMILES string of the molecule is N=C1SC2CS(=O)(=O)CC2N1/N=C/c1ccncc1. The van der Waals surface area contributed by atoms with Gasteiger partial charge in [0, 0.05) is 17.6 Å². The Kier molecular flexibility index (Phi) is 3.06. The molecular weight excluding hydrogens is 284 g/mol. The van der Waals surface area contributed by atoms with E-state index in [0.29, 0.717) is 5.17 Å². The Hall–Kier alpha value is -1.41. The Morgan fingerprint density at radius 2 is 2.16 bits per heavy atom. The summed E-state index contributed by atoms with van der Waals surface area (Å²) < 4.78 is 23.2. The van der Waals surface area contributed by atoms with Gasteiger partial charge in [-0.2, -0.15) is 5.10 Å². The van der Waals surface area contributed by atoms with Crippen molar-refractivity contribution in [2.24, 2.45) is 5.10 Å². The van der Waals surface area contributed by atoms with Crippen LogP contribution in [-0.2, 0) is 9.84 Å². The van der Waals surface area contributed by atoms with Crippen LogP contribution in [0.15, 0.2) is 29.6 Å². The minimum absolute atomic E-state index is 0.0629. The van der Waals surface area contributed by atoms with Crippen LogP contribution >= 0.6 is 11.8 Å². The van der Waals surface area contributed by atoms with Gasteiger partial charge in [-0.05, 0) is 17.7 Å². The molecule has 1 aromatic heterocycles. The van der Waals surface area contributed by atoms with Crippen molar-refractivity contribution in [1.29, 1.82) is 5.41 Å². The molecule has 0 saturated carbocycles. The minimum atomic E-state index is -2.99. The van der Waals surface area contributed by atoms with E-state index in [4.69, 9.17) is 5.41 Å². The lowest BCUT2D eigenvalue weighted by Crippen LogP contribution is -2.32. The maximum Gasteiger partial charge on any atom is 0.177 e. The molecule has 3 rings (SSSR count). The summed E-state index contributed by atoms with van der Waals surface area (Å²) in [4.78, 5) is 3.91. The molecular formula is C11H12N4O2S2. The molecule has 0 bridgehead atoms. The highest BCUT2D eigenvalue weighted by Crippen LogP contribution is 2.37. The van der Waals surface area contributed by atoms with Crippen LogP contribution in [0.2, 0.25) is 0 Å². The Bertz CT molecular complexity index is 629. The van der Waals surface area contributed by atoms with Gasteiger partial charge in [-0.25, -0.2) is 13.4 Å². The van der Waals surface area contributed by atoms with Gasteiger partial charge in [0.1, 0.15) is 0 Å². The predicted octanol–water partition coefficient (Wildman–Crippen LogP) is 0.565. The molecule has 0 aliphatic carbocycles. The van der Waals surface area contributed by atoms with Crippen LogP contribution in [0.5, 0.6) is 0 Å². The maximum atomic E-state index is 11.6. The molecule has 8 heteroatoms. The number of fused-ring (bicyclic) bond motifs is 1. The summed E-state index contributed by atoms with van der Waals surface area (Å²) in [6.07, 6.45) is 4.95. The molecule has 0 aromatic carbocycles. The number of nitrogens with one attached hydrogen (secondary N) is 1. The fourth-order valence-corrected chi connectivity index (χ4v) is 5.92. The lowest BCUT2D eigenvalue weighted by atomic mass is 10.2. The van der Waals surface area contributed by atoms with Crippen molar-refractivity contribution >= 4 is 33.0 Å². The van der Waals surface area contributed by atoms with Crippen molar-refractivity contribution < 1.29 is 8.42 Å². The van der Waals surface area contributed by atoms with Crippen molar-refractivity contribution in [2.75, 3.05) is 11.5 Å². The molecule has 0 amide bonds. The Balaban J connectivity index is 1.81. The van der Waals surface area contributed by atoms with E-state index < -0.39 is 9.84 Å². The first kappa shape index (κ1) is 12.6. The van der Waals surface area contributed by atoms with E-state index in [0.717, 1.165) is 5.56 Å². The van der Waals surface area contributed by atoms with E-state index in [9.17, 15) is 8.42 Å². The number of aromatic nitrogens is 1. The molecule has 2 fully saturated rings. The predicted molar refractivity (Wildman–Crippen MR) is 75.2 cm³/mol. The van der Waals surface area contributed by atoms with Gasteiger partial charge < -0.3 is 0 Å². The molecule has 2 aliphatic heterocycles. The number of pyridine rings is 1. The number of nitrogens with zero attached hydrogens (tertiary/aromatic N) is 3. The number of sulfone groups is 1. The van der Waals surface area contributed by atoms with Crippen molar-refractivity contribution in [3.05, 3.63) is 30.1 Å². The summed E-state index contributed by atoms with van der Waals surface area (Å²) >= 11 is 1.29. The third kappa shape index (κ3) is 2.50. The van der Waals surface area contributed by atoms with E-state index in [1.54, 1.807) is 30.7 Å². The van der Waals surface area contributed by atoms with Crippen LogP contribution < -0.4 is 0 Å². The van der Waals surface area contributed by atoms with Crippen molar-refractivity contribution in [3.63, 3.8) is 0 Å². The lowest BCUT2D eigenvalue weighted by Gasteiger charge is -2.17. The van der Waals surface area contributed by atoms with E-state index in [-0.39, 0.29) is 22.8 Å². The first-order valence-corrected chi connectivity index (χ1v) is 8.44. The number of hydrogen-bond acceptors (Lipinski definition) is 6. The number of amidine groups is 1. The summed E-state index contributed by atoms with van der Waals surface area (Å²) in [6.45, 7) is 0. The fraction of sp³-hybridized carbons (Fsp3) is 0.364. The fourth-order valence-electron chi connectivity index (χ4n) is 2.20. The van der Waals surface area contributed by atoms with Crippen LogP contribution in [0.3, 0.4) is 0 Å². The topological polar surface area (TPSA) is 86.5 Å². The highest BCUT2D eigenvalue weighted by molar-refractivity contribution is 8.15. The third-order valence-electron chi connectivity index (χ3n) is 3.09. The largest absolute Gasteiger partial charge is 0.277 e. The molecule has 1 N–H and O–H groups in total. The molecule has 2 aliphatic rings. The molecule has 2 atom stereocenters. The number of rotatable bonds is 2. The molecule has 2 unspecified atom stereocenters.